The Morgan fingerprint density at radius 3 is 2.69 bits per heavy atom. The summed E-state index contributed by atoms with van der Waals surface area (Å²) in [6.45, 7) is 4.78. The van der Waals surface area contributed by atoms with Crippen LogP contribution < -0.4 is 11.0 Å². The summed E-state index contributed by atoms with van der Waals surface area (Å²) >= 11 is 0. The first-order chi connectivity index (χ1) is 13.9. The molecule has 1 aliphatic rings. The van der Waals surface area contributed by atoms with E-state index in [-0.39, 0.29) is 17.5 Å². The van der Waals surface area contributed by atoms with Crippen LogP contribution in [0.2, 0.25) is 0 Å². The molecule has 1 aliphatic heterocycles. The maximum Gasteiger partial charge on any atom is 0.328 e. The minimum absolute atomic E-state index is 0.0242. The highest BCUT2D eigenvalue weighted by Crippen LogP contribution is 2.22. The molecule has 0 saturated carbocycles. The average molecular weight is 393 g/mol. The highest BCUT2D eigenvalue weighted by atomic mass is 16.2. The van der Waals surface area contributed by atoms with E-state index in [1.165, 1.54) is 11.1 Å². The molecule has 6 nitrogen and oxygen atoms in total. The number of piperidine rings is 1. The fourth-order valence-electron chi connectivity index (χ4n) is 4.31. The summed E-state index contributed by atoms with van der Waals surface area (Å²) in [7, 11) is 3.51. The third-order valence-corrected chi connectivity index (χ3v) is 5.90. The second-order valence-corrected chi connectivity index (χ2v) is 8.16. The van der Waals surface area contributed by atoms with E-state index < -0.39 is 0 Å². The van der Waals surface area contributed by atoms with E-state index in [4.69, 9.17) is 0 Å². The molecule has 1 aromatic heterocycles. The number of nitrogens with one attached hydrogen (secondary N) is 1. The van der Waals surface area contributed by atoms with E-state index >= 15 is 0 Å². The van der Waals surface area contributed by atoms with Gasteiger partial charge in [-0.05, 0) is 50.1 Å². The lowest BCUT2D eigenvalue weighted by atomic mass is 9.96. The van der Waals surface area contributed by atoms with Gasteiger partial charge in [-0.1, -0.05) is 29.8 Å². The van der Waals surface area contributed by atoms with Crippen molar-refractivity contribution >= 4 is 22.6 Å². The maximum atomic E-state index is 12.9. The lowest BCUT2D eigenvalue weighted by Gasteiger charge is -2.32. The number of benzene rings is 2. The highest BCUT2D eigenvalue weighted by Gasteiger charge is 2.26. The number of carbonyl (C=O) groups excluding carboxylic acids is 1. The summed E-state index contributed by atoms with van der Waals surface area (Å²) in [5.74, 6) is 0.0306. The summed E-state index contributed by atoms with van der Waals surface area (Å²) < 4.78 is 3.22. The summed E-state index contributed by atoms with van der Waals surface area (Å²) in [4.78, 5) is 27.4. The number of carbonyl (C=O) groups is 1. The van der Waals surface area contributed by atoms with Crippen LogP contribution in [-0.4, -0.2) is 33.0 Å². The Hall–Kier alpha value is -2.86. The summed E-state index contributed by atoms with van der Waals surface area (Å²) in [6, 6.07) is 14.2. The zero-order valence-corrected chi connectivity index (χ0v) is 17.3. The van der Waals surface area contributed by atoms with Gasteiger partial charge in [0.25, 0.3) is 0 Å². The van der Waals surface area contributed by atoms with Gasteiger partial charge < -0.3 is 5.32 Å². The Morgan fingerprint density at radius 2 is 1.90 bits per heavy atom. The fraction of sp³-hybridized carbons (Fsp3) is 0.391. The van der Waals surface area contributed by atoms with Crippen LogP contribution in [0.5, 0.6) is 0 Å². The van der Waals surface area contributed by atoms with Gasteiger partial charge >= 0.3 is 5.69 Å². The molecule has 1 N–H and O–H groups in total. The van der Waals surface area contributed by atoms with Gasteiger partial charge in [0.15, 0.2) is 0 Å². The van der Waals surface area contributed by atoms with Crippen molar-refractivity contribution in [1.82, 2.24) is 14.0 Å². The predicted molar refractivity (Wildman–Crippen MR) is 116 cm³/mol. The lowest BCUT2D eigenvalue weighted by molar-refractivity contribution is -0.121. The van der Waals surface area contributed by atoms with Crippen molar-refractivity contribution in [1.29, 1.82) is 0 Å². The number of nitrogens with zero attached hydrogens (tertiary/aromatic N) is 3. The fourth-order valence-corrected chi connectivity index (χ4v) is 4.31. The van der Waals surface area contributed by atoms with Crippen LogP contribution in [0.25, 0.3) is 11.0 Å². The molecule has 2 heterocycles. The number of rotatable bonds is 4. The second-order valence-electron chi connectivity index (χ2n) is 8.16. The Balaban J connectivity index is 1.44. The number of aromatic nitrogens is 2. The SMILES string of the molecule is Cc1cccc(CN2CCCC(C(=O)Nc3ccc4c(c3)n(C)c(=O)n4C)C2)c1. The molecule has 1 fully saturated rings. The van der Waals surface area contributed by atoms with Crippen LogP contribution >= 0.6 is 0 Å². The summed E-state index contributed by atoms with van der Waals surface area (Å²) in [6.07, 6.45) is 1.93. The Labute approximate surface area is 170 Å². The molecule has 1 saturated heterocycles. The molecule has 0 aliphatic carbocycles. The number of amides is 1. The first-order valence-corrected chi connectivity index (χ1v) is 10.2. The predicted octanol–water partition coefficient (Wildman–Crippen LogP) is 3.04. The average Bonchev–Trinajstić information content (AvgIpc) is 2.92. The number of hydrogen-bond donors (Lipinski definition) is 1. The zero-order chi connectivity index (χ0) is 20.5. The number of hydrogen-bond acceptors (Lipinski definition) is 3. The Bertz CT molecular complexity index is 1110. The number of fused-ring (bicyclic) bond motifs is 1. The molecule has 0 bridgehead atoms. The molecule has 0 radical (unpaired) electrons. The number of likely N-dealkylation sites (tertiary alicyclic amines) is 1. The van der Waals surface area contributed by atoms with Gasteiger partial charge in [0.05, 0.1) is 17.0 Å². The van der Waals surface area contributed by atoms with Gasteiger partial charge in [0, 0.05) is 32.9 Å². The standard InChI is InChI=1S/C23H28N4O2/c1-16-6-4-7-17(12-16)14-27-11-5-8-18(15-27)22(28)24-19-9-10-20-21(13-19)26(3)23(29)25(20)2/h4,6-7,9-10,12-13,18H,5,8,11,14-15H2,1-3H3,(H,24,28). The van der Waals surface area contributed by atoms with Crippen molar-refractivity contribution < 1.29 is 4.79 Å². The number of aryl methyl sites for hydroxylation is 3. The first-order valence-electron chi connectivity index (χ1n) is 10.2. The van der Waals surface area contributed by atoms with Crippen molar-refractivity contribution in [3.63, 3.8) is 0 Å². The second kappa shape index (κ2) is 7.87. The van der Waals surface area contributed by atoms with Crippen molar-refractivity contribution in [2.24, 2.45) is 20.0 Å². The minimum atomic E-state index is -0.0671. The molecular formula is C23H28N4O2. The van der Waals surface area contributed by atoms with E-state index in [9.17, 15) is 9.59 Å². The van der Waals surface area contributed by atoms with Crippen LogP contribution in [0.3, 0.4) is 0 Å². The molecule has 4 rings (SSSR count). The number of anilines is 1. The van der Waals surface area contributed by atoms with Crippen molar-refractivity contribution in [3.8, 4) is 0 Å². The minimum Gasteiger partial charge on any atom is -0.326 e. The molecule has 0 spiro atoms. The summed E-state index contributed by atoms with van der Waals surface area (Å²) in [5.41, 5.74) is 4.90. The lowest BCUT2D eigenvalue weighted by Crippen LogP contribution is -2.40. The Kier molecular flexibility index (Phi) is 5.28. The van der Waals surface area contributed by atoms with Crippen LogP contribution in [0.15, 0.2) is 47.3 Å². The molecule has 2 aromatic carbocycles. The monoisotopic (exact) mass is 392 g/mol. The molecule has 3 aromatic rings. The van der Waals surface area contributed by atoms with Gasteiger partial charge in [-0.25, -0.2) is 4.79 Å². The van der Waals surface area contributed by atoms with Gasteiger partial charge in [0.1, 0.15) is 0 Å². The zero-order valence-electron chi connectivity index (χ0n) is 17.3. The van der Waals surface area contributed by atoms with Gasteiger partial charge in [0.2, 0.25) is 5.91 Å². The van der Waals surface area contributed by atoms with E-state index in [0.29, 0.717) is 0 Å². The maximum absolute atomic E-state index is 12.9. The molecule has 1 unspecified atom stereocenters. The molecule has 6 heteroatoms. The van der Waals surface area contributed by atoms with Gasteiger partial charge in [-0.15, -0.1) is 0 Å². The quantitative estimate of drug-likeness (QED) is 0.742. The van der Waals surface area contributed by atoms with Crippen LogP contribution in [0.1, 0.15) is 24.0 Å². The molecule has 1 atom stereocenters. The van der Waals surface area contributed by atoms with Crippen molar-refractivity contribution in [3.05, 3.63) is 64.1 Å². The van der Waals surface area contributed by atoms with E-state index in [1.807, 2.05) is 18.2 Å². The normalized spacial score (nSPS) is 17.6. The first kappa shape index (κ1) is 19.5. The van der Waals surface area contributed by atoms with E-state index in [2.05, 4.69) is 41.4 Å². The van der Waals surface area contributed by atoms with E-state index in [1.54, 1.807) is 23.2 Å². The third kappa shape index (κ3) is 3.98. The van der Waals surface area contributed by atoms with Crippen molar-refractivity contribution in [2.75, 3.05) is 18.4 Å². The van der Waals surface area contributed by atoms with E-state index in [0.717, 1.165) is 49.2 Å². The van der Waals surface area contributed by atoms with Gasteiger partial charge in [-0.2, -0.15) is 0 Å². The smallest absolute Gasteiger partial charge is 0.326 e. The van der Waals surface area contributed by atoms with Crippen LogP contribution in [0, 0.1) is 12.8 Å². The molecule has 29 heavy (non-hydrogen) atoms. The highest BCUT2D eigenvalue weighted by molar-refractivity contribution is 5.94. The van der Waals surface area contributed by atoms with Crippen LogP contribution in [0.4, 0.5) is 5.69 Å². The van der Waals surface area contributed by atoms with Crippen molar-refractivity contribution in [2.45, 2.75) is 26.3 Å². The molecular weight excluding hydrogens is 364 g/mol. The molecule has 1 amide bonds. The third-order valence-electron chi connectivity index (χ3n) is 5.90. The Morgan fingerprint density at radius 1 is 1.10 bits per heavy atom. The molecule has 152 valence electrons. The summed E-state index contributed by atoms with van der Waals surface area (Å²) in [5, 5.41) is 3.06. The number of imidazole rings is 1. The largest absolute Gasteiger partial charge is 0.328 e. The topological polar surface area (TPSA) is 59.3 Å². The van der Waals surface area contributed by atoms with Crippen LogP contribution in [-0.2, 0) is 25.4 Å². The van der Waals surface area contributed by atoms with Gasteiger partial charge in [-0.3, -0.25) is 18.8 Å².